The second-order valence-corrected chi connectivity index (χ2v) is 10.6. The highest BCUT2D eigenvalue weighted by Gasteiger charge is 2.00. The van der Waals surface area contributed by atoms with Gasteiger partial charge in [-0.2, -0.15) is 20.5 Å². The third-order valence-electron chi connectivity index (χ3n) is 6.45. The van der Waals surface area contributed by atoms with E-state index in [2.05, 4.69) is 27.4 Å². The first-order chi connectivity index (χ1) is 23.6. The van der Waals surface area contributed by atoms with E-state index in [0.29, 0.717) is 39.5 Å². The van der Waals surface area contributed by atoms with Crippen LogP contribution in [-0.4, -0.2) is 46.1 Å². The minimum Gasteiger partial charge on any atom is -0.494 e. The maximum atomic E-state index is 5.68. The van der Waals surface area contributed by atoms with Gasteiger partial charge in [0.2, 0.25) is 0 Å². The summed E-state index contributed by atoms with van der Waals surface area (Å²) in [6, 6.07) is 30.2. The normalized spacial score (nSPS) is 10.9. The van der Waals surface area contributed by atoms with Gasteiger partial charge in [-0.25, -0.2) is 0 Å². The fourth-order valence-electron chi connectivity index (χ4n) is 3.93. The SMILES string of the molecule is CCCCOc1cccc(N=Nc2cccc(OCCCN)c2)c1.NCCCOc1cccc(N=Nc2cccc(OCCCN)c2)c1. The lowest BCUT2D eigenvalue weighted by molar-refractivity contribution is 0.309. The van der Waals surface area contributed by atoms with Crippen LogP contribution in [0.25, 0.3) is 0 Å². The number of rotatable bonds is 20. The molecule has 0 heterocycles. The second-order valence-electron chi connectivity index (χ2n) is 10.6. The zero-order chi connectivity index (χ0) is 34.1. The molecule has 48 heavy (non-hydrogen) atoms. The zero-order valence-corrected chi connectivity index (χ0v) is 27.9. The van der Waals surface area contributed by atoms with Crippen molar-refractivity contribution in [1.82, 2.24) is 0 Å². The molecule has 0 fully saturated rings. The summed E-state index contributed by atoms with van der Waals surface area (Å²) in [6.07, 6.45) is 4.63. The van der Waals surface area contributed by atoms with Gasteiger partial charge in [0, 0.05) is 24.3 Å². The molecule has 0 spiro atoms. The van der Waals surface area contributed by atoms with E-state index in [1.165, 1.54) is 0 Å². The van der Waals surface area contributed by atoms with E-state index in [9.17, 15) is 0 Å². The van der Waals surface area contributed by atoms with Crippen molar-refractivity contribution in [2.24, 2.45) is 37.7 Å². The number of unbranched alkanes of at least 4 members (excludes halogenated alkanes) is 1. The smallest absolute Gasteiger partial charge is 0.121 e. The highest BCUT2D eigenvalue weighted by Crippen LogP contribution is 2.26. The molecule has 4 rings (SSSR count). The van der Waals surface area contributed by atoms with Crippen LogP contribution in [0.1, 0.15) is 39.0 Å². The third kappa shape index (κ3) is 15.6. The molecule has 11 heteroatoms. The maximum absolute atomic E-state index is 5.68. The summed E-state index contributed by atoms with van der Waals surface area (Å²) in [6.45, 7) is 6.51. The van der Waals surface area contributed by atoms with Crippen LogP contribution in [0.4, 0.5) is 22.7 Å². The van der Waals surface area contributed by atoms with Crippen molar-refractivity contribution in [3.63, 3.8) is 0 Å². The van der Waals surface area contributed by atoms with Crippen molar-refractivity contribution in [2.45, 2.75) is 39.0 Å². The molecule has 4 aromatic rings. The Morgan fingerprint density at radius 1 is 0.417 bits per heavy atom. The van der Waals surface area contributed by atoms with Crippen LogP contribution < -0.4 is 36.1 Å². The summed E-state index contributed by atoms with van der Waals surface area (Å²) in [4.78, 5) is 0. The van der Waals surface area contributed by atoms with Gasteiger partial charge in [-0.3, -0.25) is 0 Å². The molecule has 11 nitrogen and oxygen atoms in total. The van der Waals surface area contributed by atoms with Gasteiger partial charge in [0.05, 0.1) is 49.2 Å². The van der Waals surface area contributed by atoms with E-state index < -0.39 is 0 Å². The average molecular weight is 656 g/mol. The Bertz CT molecular complexity index is 1290. The van der Waals surface area contributed by atoms with E-state index in [1.54, 1.807) is 0 Å². The first-order valence-electron chi connectivity index (χ1n) is 16.5. The zero-order valence-electron chi connectivity index (χ0n) is 27.9. The Kier molecular flexibility index (Phi) is 18.4. The van der Waals surface area contributed by atoms with Crippen molar-refractivity contribution in [3.8, 4) is 23.0 Å². The van der Waals surface area contributed by atoms with Crippen molar-refractivity contribution >= 4 is 22.7 Å². The van der Waals surface area contributed by atoms with Gasteiger partial charge in [-0.1, -0.05) is 37.6 Å². The monoisotopic (exact) mass is 655 g/mol. The molecule has 0 aliphatic heterocycles. The largest absolute Gasteiger partial charge is 0.494 e. The van der Waals surface area contributed by atoms with Gasteiger partial charge in [-0.05, 0) is 93.8 Å². The number of hydrogen-bond acceptors (Lipinski definition) is 11. The highest BCUT2D eigenvalue weighted by molar-refractivity contribution is 5.47. The highest BCUT2D eigenvalue weighted by atomic mass is 16.5. The van der Waals surface area contributed by atoms with Gasteiger partial charge >= 0.3 is 0 Å². The molecule has 0 aliphatic carbocycles. The quantitative estimate of drug-likeness (QED) is 0.0634. The molecule has 0 aliphatic rings. The average Bonchev–Trinajstić information content (AvgIpc) is 3.11. The molecule has 0 atom stereocenters. The summed E-state index contributed by atoms with van der Waals surface area (Å²) in [5.74, 6) is 3.12. The number of benzene rings is 4. The molecule has 0 bridgehead atoms. The summed E-state index contributed by atoms with van der Waals surface area (Å²) in [5, 5.41) is 17.0. The first kappa shape index (κ1) is 37.6. The van der Waals surface area contributed by atoms with Gasteiger partial charge < -0.3 is 36.1 Å². The first-order valence-corrected chi connectivity index (χ1v) is 16.5. The third-order valence-corrected chi connectivity index (χ3v) is 6.45. The Balaban J connectivity index is 0.000000260. The summed E-state index contributed by atoms with van der Waals surface area (Å²) in [7, 11) is 0. The van der Waals surface area contributed by atoms with Crippen LogP contribution in [0.2, 0.25) is 0 Å². The molecule has 4 aromatic carbocycles. The minimum absolute atomic E-state index is 0.597. The topological polar surface area (TPSA) is 164 Å². The second kappa shape index (κ2) is 23.5. The standard InChI is InChI=1S/C19H25N3O2.C18H24N4O2/c1-2-3-12-23-18-9-4-7-16(14-18)21-22-17-8-5-10-19(15-17)24-13-6-11-20;19-9-3-11-23-17-7-1-5-15(13-17)21-22-16-6-2-8-18(14-16)24-12-4-10-20/h4-5,7-10,14-15H,2-3,6,11-13,20H2,1H3;1-2,5-8,13-14H,3-4,9-12,19-20H2. The fourth-order valence-corrected chi connectivity index (χ4v) is 3.93. The molecule has 0 unspecified atom stereocenters. The van der Waals surface area contributed by atoms with Gasteiger partial charge in [0.15, 0.2) is 0 Å². The van der Waals surface area contributed by atoms with Crippen LogP contribution in [0.5, 0.6) is 23.0 Å². The minimum atomic E-state index is 0.597. The van der Waals surface area contributed by atoms with E-state index in [1.807, 2.05) is 97.1 Å². The summed E-state index contributed by atoms with van der Waals surface area (Å²) < 4.78 is 22.5. The molecular formula is C37H49N7O4. The molecule has 0 radical (unpaired) electrons. The van der Waals surface area contributed by atoms with Crippen LogP contribution in [0, 0.1) is 0 Å². The van der Waals surface area contributed by atoms with Crippen molar-refractivity contribution in [2.75, 3.05) is 46.1 Å². The van der Waals surface area contributed by atoms with Crippen molar-refractivity contribution in [1.29, 1.82) is 0 Å². The molecule has 0 saturated heterocycles. The lowest BCUT2D eigenvalue weighted by atomic mass is 10.3. The fraction of sp³-hybridized carbons (Fsp3) is 0.351. The van der Waals surface area contributed by atoms with Gasteiger partial charge in [-0.15, -0.1) is 0 Å². The molecule has 256 valence electrons. The summed E-state index contributed by atoms with van der Waals surface area (Å²) in [5.41, 5.74) is 19.3. The van der Waals surface area contributed by atoms with E-state index >= 15 is 0 Å². The van der Waals surface area contributed by atoms with E-state index in [0.717, 1.165) is 84.5 Å². The van der Waals surface area contributed by atoms with Gasteiger partial charge in [0.1, 0.15) is 23.0 Å². The predicted octanol–water partition coefficient (Wildman–Crippen LogP) is 8.57. The van der Waals surface area contributed by atoms with Crippen molar-refractivity contribution < 1.29 is 18.9 Å². The molecule has 6 N–H and O–H groups in total. The Morgan fingerprint density at radius 3 is 0.938 bits per heavy atom. The Labute approximate surface area is 284 Å². The predicted molar refractivity (Wildman–Crippen MR) is 192 cm³/mol. The number of nitrogens with zero attached hydrogens (tertiary/aromatic N) is 4. The Hall–Kier alpha value is -4.84. The van der Waals surface area contributed by atoms with Crippen LogP contribution in [0.15, 0.2) is 118 Å². The van der Waals surface area contributed by atoms with Crippen LogP contribution in [-0.2, 0) is 0 Å². The maximum Gasteiger partial charge on any atom is 0.121 e. The lowest BCUT2D eigenvalue weighted by Gasteiger charge is -2.06. The number of nitrogens with two attached hydrogens (primary N) is 3. The molecular weight excluding hydrogens is 606 g/mol. The Morgan fingerprint density at radius 2 is 0.688 bits per heavy atom. The van der Waals surface area contributed by atoms with Crippen LogP contribution in [0.3, 0.4) is 0 Å². The van der Waals surface area contributed by atoms with E-state index in [-0.39, 0.29) is 0 Å². The molecule has 0 aromatic heterocycles. The van der Waals surface area contributed by atoms with Gasteiger partial charge in [0.25, 0.3) is 0 Å². The lowest BCUT2D eigenvalue weighted by Crippen LogP contribution is -2.05. The van der Waals surface area contributed by atoms with Crippen molar-refractivity contribution in [3.05, 3.63) is 97.1 Å². The molecule has 0 amide bonds. The van der Waals surface area contributed by atoms with Crippen LogP contribution >= 0.6 is 0 Å². The summed E-state index contributed by atoms with van der Waals surface area (Å²) >= 11 is 0. The number of ether oxygens (including phenoxy) is 4. The molecule has 0 saturated carbocycles. The van der Waals surface area contributed by atoms with E-state index in [4.69, 9.17) is 36.1 Å². The number of hydrogen-bond donors (Lipinski definition) is 3. The number of azo groups is 2.